The van der Waals surface area contributed by atoms with Crippen LogP contribution in [0.2, 0.25) is 5.02 Å². The molecule has 1 aliphatic rings. The van der Waals surface area contributed by atoms with Gasteiger partial charge in [-0.15, -0.1) is 0 Å². The minimum absolute atomic E-state index is 0.0165. The molecular formula is C30H32ClN3O5. The number of carbonyl (C=O) groups is 2. The normalized spacial score (nSPS) is 13.0. The second-order valence-electron chi connectivity index (χ2n) is 10.0. The molecule has 2 amide bonds. The SMILES string of the molecule is CCCCn1c2cc(OCCCN(C)C)c(O)cc2c2c3c(c(-c4c(Cl)cccc4OC)cc21)C(=O)NC3=O. The Bertz CT molecular complexity index is 1610. The summed E-state index contributed by atoms with van der Waals surface area (Å²) < 4.78 is 13.7. The van der Waals surface area contributed by atoms with E-state index in [1.165, 1.54) is 0 Å². The maximum atomic E-state index is 13.3. The molecule has 2 N–H and O–H groups in total. The van der Waals surface area contributed by atoms with Crippen LogP contribution in [-0.2, 0) is 6.54 Å². The Morgan fingerprint density at radius 2 is 1.77 bits per heavy atom. The van der Waals surface area contributed by atoms with Gasteiger partial charge in [0, 0.05) is 41.1 Å². The van der Waals surface area contributed by atoms with Gasteiger partial charge in [-0.3, -0.25) is 14.9 Å². The van der Waals surface area contributed by atoms with E-state index in [9.17, 15) is 14.7 Å². The number of hydrogen-bond acceptors (Lipinski definition) is 6. The van der Waals surface area contributed by atoms with Crippen LogP contribution < -0.4 is 14.8 Å². The van der Waals surface area contributed by atoms with Crippen molar-refractivity contribution in [1.29, 1.82) is 0 Å². The van der Waals surface area contributed by atoms with Crippen LogP contribution >= 0.6 is 11.6 Å². The molecule has 1 aliphatic heterocycles. The number of unbranched alkanes of at least 4 members (excludes halogenated alkanes) is 1. The highest BCUT2D eigenvalue weighted by Gasteiger charge is 2.36. The Morgan fingerprint density at radius 3 is 2.49 bits per heavy atom. The standard InChI is InChI=1S/C30H32ClN3O5/c1-5-6-12-34-20-16-24(39-13-8-11-33(2)3)22(35)15-17(20)26-21(34)14-18(27-28(26)30(37)32-29(27)36)25-19(31)9-7-10-23(25)38-4/h7,9-10,14-16,35H,5-6,8,11-13H2,1-4H3,(H,32,36,37). The Labute approximate surface area is 232 Å². The zero-order valence-corrected chi connectivity index (χ0v) is 23.3. The zero-order valence-electron chi connectivity index (χ0n) is 22.6. The Hall–Kier alpha value is -3.75. The molecule has 0 saturated heterocycles. The predicted molar refractivity (Wildman–Crippen MR) is 153 cm³/mol. The van der Waals surface area contributed by atoms with Gasteiger partial charge in [-0.1, -0.05) is 31.0 Å². The summed E-state index contributed by atoms with van der Waals surface area (Å²) in [5.74, 6) is -0.109. The lowest BCUT2D eigenvalue weighted by molar-refractivity contribution is 0.0880. The van der Waals surface area contributed by atoms with Crippen LogP contribution in [0.1, 0.15) is 46.9 Å². The van der Waals surface area contributed by atoms with Gasteiger partial charge in [0.25, 0.3) is 11.8 Å². The minimum atomic E-state index is -0.492. The summed E-state index contributed by atoms with van der Waals surface area (Å²) in [6.07, 6.45) is 2.66. The lowest BCUT2D eigenvalue weighted by Gasteiger charge is -2.15. The number of fused-ring (bicyclic) bond motifs is 5. The molecule has 2 heterocycles. The van der Waals surface area contributed by atoms with Gasteiger partial charge in [-0.05, 0) is 51.2 Å². The maximum Gasteiger partial charge on any atom is 0.259 e. The number of ether oxygens (including phenoxy) is 2. The van der Waals surface area contributed by atoms with Crippen LogP contribution in [0, 0.1) is 0 Å². The fourth-order valence-electron chi connectivity index (χ4n) is 5.32. The molecule has 5 rings (SSSR count). The third-order valence-corrected chi connectivity index (χ3v) is 7.44. The van der Waals surface area contributed by atoms with Crippen LogP contribution in [0.4, 0.5) is 0 Å². The van der Waals surface area contributed by atoms with Crippen LogP contribution in [0.5, 0.6) is 17.2 Å². The number of imide groups is 1. The minimum Gasteiger partial charge on any atom is -0.504 e. The van der Waals surface area contributed by atoms with Crippen LogP contribution in [0.3, 0.4) is 0 Å². The highest BCUT2D eigenvalue weighted by atomic mass is 35.5. The number of methoxy groups -OCH3 is 1. The van der Waals surface area contributed by atoms with Crippen LogP contribution in [-0.4, -0.2) is 60.7 Å². The second kappa shape index (κ2) is 10.8. The quantitative estimate of drug-likeness (QED) is 0.191. The molecule has 0 radical (unpaired) electrons. The third kappa shape index (κ3) is 4.68. The van der Waals surface area contributed by atoms with Gasteiger partial charge in [0.1, 0.15) is 5.75 Å². The molecule has 0 bridgehead atoms. The number of benzene rings is 3. The van der Waals surface area contributed by atoms with Crippen molar-refractivity contribution in [3.63, 3.8) is 0 Å². The van der Waals surface area contributed by atoms with E-state index in [1.54, 1.807) is 31.4 Å². The number of nitrogens with one attached hydrogen (secondary N) is 1. The molecule has 204 valence electrons. The van der Waals surface area contributed by atoms with Crippen molar-refractivity contribution in [1.82, 2.24) is 14.8 Å². The smallest absolute Gasteiger partial charge is 0.259 e. The van der Waals surface area contributed by atoms with E-state index in [4.69, 9.17) is 21.1 Å². The van der Waals surface area contributed by atoms with Crippen LogP contribution in [0.25, 0.3) is 32.9 Å². The van der Waals surface area contributed by atoms with Gasteiger partial charge < -0.3 is 24.0 Å². The average molecular weight is 550 g/mol. The number of halogens is 1. The van der Waals surface area contributed by atoms with E-state index in [2.05, 4.69) is 21.7 Å². The molecule has 9 heteroatoms. The highest BCUT2D eigenvalue weighted by Crippen LogP contribution is 2.46. The molecule has 8 nitrogen and oxygen atoms in total. The van der Waals surface area contributed by atoms with E-state index in [0.29, 0.717) is 51.6 Å². The average Bonchev–Trinajstić information content (AvgIpc) is 3.36. The zero-order chi connectivity index (χ0) is 27.8. The summed E-state index contributed by atoms with van der Waals surface area (Å²) in [4.78, 5) is 28.5. The van der Waals surface area contributed by atoms with Gasteiger partial charge >= 0.3 is 0 Å². The lowest BCUT2D eigenvalue weighted by Crippen LogP contribution is -2.20. The lowest BCUT2D eigenvalue weighted by atomic mass is 9.92. The van der Waals surface area contributed by atoms with E-state index in [0.717, 1.165) is 36.8 Å². The van der Waals surface area contributed by atoms with Gasteiger partial charge in [0.2, 0.25) is 0 Å². The molecule has 0 unspecified atom stereocenters. The first kappa shape index (κ1) is 26.8. The number of rotatable bonds is 10. The first-order valence-corrected chi connectivity index (χ1v) is 13.5. The molecule has 0 aliphatic carbocycles. The fourth-order valence-corrected chi connectivity index (χ4v) is 5.59. The number of aromatic nitrogens is 1. The number of phenols is 1. The van der Waals surface area contributed by atoms with Gasteiger partial charge in [0.15, 0.2) is 11.5 Å². The number of hydrogen-bond donors (Lipinski definition) is 2. The Kier molecular flexibility index (Phi) is 7.42. The second-order valence-corrected chi connectivity index (χ2v) is 10.4. The van der Waals surface area contributed by atoms with E-state index in [-0.39, 0.29) is 16.9 Å². The van der Waals surface area contributed by atoms with E-state index < -0.39 is 11.8 Å². The molecular weight excluding hydrogens is 518 g/mol. The fraction of sp³-hybridized carbons (Fsp3) is 0.333. The molecule has 1 aromatic heterocycles. The summed E-state index contributed by atoms with van der Waals surface area (Å²) in [5.41, 5.74) is 3.17. The predicted octanol–water partition coefficient (Wildman–Crippen LogP) is 5.84. The monoisotopic (exact) mass is 549 g/mol. The topological polar surface area (TPSA) is 93.0 Å². The van der Waals surface area contributed by atoms with Crippen molar-refractivity contribution >= 4 is 45.2 Å². The highest BCUT2D eigenvalue weighted by molar-refractivity contribution is 6.36. The van der Waals surface area contributed by atoms with Crippen molar-refractivity contribution in [2.45, 2.75) is 32.7 Å². The summed E-state index contributed by atoms with van der Waals surface area (Å²) in [6, 6.07) is 10.6. The van der Waals surface area contributed by atoms with Crippen molar-refractivity contribution < 1.29 is 24.2 Å². The summed E-state index contributed by atoms with van der Waals surface area (Å²) in [7, 11) is 5.54. The van der Waals surface area contributed by atoms with Crippen molar-refractivity contribution in [3.8, 4) is 28.4 Å². The first-order valence-electron chi connectivity index (χ1n) is 13.1. The molecule has 0 saturated carbocycles. The van der Waals surface area contributed by atoms with E-state index >= 15 is 0 Å². The van der Waals surface area contributed by atoms with Gasteiger partial charge in [-0.2, -0.15) is 0 Å². The largest absolute Gasteiger partial charge is 0.504 e. The Balaban J connectivity index is 1.81. The summed E-state index contributed by atoms with van der Waals surface area (Å²) in [6.45, 7) is 4.11. The summed E-state index contributed by atoms with van der Waals surface area (Å²) >= 11 is 6.65. The maximum absolute atomic E-state index is 13.3. The van der Waals surface area contributed by atoms with Crippen LogP contribution in [0.15, 0.2) is 36.4 Å². The Morgan fingerprint density at radius 1 is 1.00 bits per heavy atom. The third-order valence-electron chi connectivity index (χ3n) is 7.12. The van der Waals surface area contributed by atoms with Gasteiger partial charge in [0.05, 0.1) is 40.9 Å². The number of aromatic hydroxyl groups is 1. The van der Waals surface area contributed by atoms with E-state index in [1.807, 2.05) is 26.2 Å². The van der Waals surface area contributed by atoms with Crippen molar-refractivity contribution in [2.75, 3.05) is 34.4 Å². The number of carbonyl (C=O) groups excluding carboxylic acids is 2. The molecule has 0 spiro atoms. The van der Waals surface area contributed by atoms with Crippen molar-refractivity contribution in [2.24, 2.45) is 0 Å². The number of nitrogens with zero attached hydrogens (tertiary/aromatic N) is 2. The number of phenolic OH excluding ortho intramolecular Hbond substituents is 1. The molecule has 3 aromatic carbocycles. The number of aryl methyl sites for hydroxylation is 1. The molecule has 39 heavy (non-hydrogen) atoms. The molecule has 0 fully saturated rings. The first-order chi connectivity index (χ1) is 18.8. The molecule has 4 aromatic rings. The van der Waals surface area contributed by atoms with Crippen molar-refractivity contribution in [3.05, 3.63) is 52.5 Å². The molecule has 0 atom stereocenters. The number of amides is 2. The van der Waals surface area contributed by atoms with Gasteiger partial charge in [-0.25, -0.2) is 0 Å². The summed E-state index contributed by atoms with van der Waals surface area (Å²) in [5, 5.41) is 15.1.